The van der Waals surface area contributed by atoms with E-state index in [4.69, 9.17) is 9.47 Å². The fraction of sp³-hybridized carbons (Fsp3) is 0.294. The molecule has 2 rings (SSSR count). The summed E-state index contributed by atoms with van der Waals surface area (Å²) in [6.07, 6.45) is 4.28. The summed E-state index contributed by atoms with van der Waals surface area (Å²) >= 11 is 0. The van der Waals surface area contributed by atoms with Crippen molar-refractivity contribution in [3.8, 4) is 11.5 Å². The monoisotopic (exact) mass is 285 g/mol. The van der Waals surface area contributed by atoms with Gasteiger partial charge in [-0.05, 0) is 37.1 Å². The molecule has 110 valence electrons. The number of benzene rings is 1. The molecule has 2 aromatic rings. The van der Waals surface area contributed by atoms with Gasteiger partial charge in [-0.15, -0.1) is 0 Å². The Labute approximate surface area is 124 Å². The number of nitrogens with zero attached hydrogens (tertiary/aromatic N) is 1. The van der Waals surface area contributed by atoms with Gasteiger partial charge in [-0.1, -0.05) is 12.1 Å². The molecule has 0 saturated heterocycles. The van der Waals surface area contributed by atoms with Crippen molar-refractivity contribution in [1.82, 2.24) is 4.98 Å². The molecular weight excluding hydrogens is 266 g/mol. The second-order valence-electron chi connectivity index (χ2n) is 4.55. The molecule has 1 aromatic carbocycles. The lowest BCUT2D eigenvalue weighted by atomic mass is 10.0. The van der Waals surface area contributed by atoms with Crippen LogP contribution in [0.1, 0.15) is 29.3 Å². The third-order valence-corrected chi connectivity index (χ3v) is 3.17. The van der Waals surface area contributed by atoms with Crippen LogP contribution in [0.4, 0.5) is 0 Å². The second kappa shape index (κ2) is 7.43. The normalized spacial score (nSPS) is 10.2. The molecule has 0 fully saturated rings. The van der Waals surface area contributed by atoms with Gasteiger partial charge in [0, 0.05) is 24.4 Å². The number of rotatable bonds is 7. The Bertz CT molecular complexity index is 596. The molecule has 4 nitrogen and oxygen atoms in total. The van der Waals surface area contributed by atoms with Crippen LogP contribution in [0.25, 0.3) is 0 Å². The van der Waals surface area contributed by atoms with Crippen molar-refractivity contribution in [2.75, 3.05) is 13.7 Å². The first-order valence-corrected chi connectivity index (χ1v) is 6.98. The molecule has 1 aromatic heterocycles. The minimum absolute atomic E-state index is 0.0772. The summed E-state index contributed by atoms with van der Waals surface area (Å²) in [6, 6.07) is 9.28. The van der Waals surface area contributed by atoms with E-state index in [-0.39, 0.29) is 5.78 Å². The molecule has 0 aliphatic heterocycles. The van der Waals surface area contributed by atoms with Gasteiger partial charge in [-0.2, -0.15) is 0 Å². The number of aromatic nitrogens is 1. The predicted octanol–water partition coefficient (Wildman–Crippen LogP) is 3.30. The summed E-state index contributed by atoms with van der Waals surface area (Å²) in [5.74, 6) is 1.50. The summed E-state index contributed by atoms with van der Waals surface area (Å²) in [7, 11) is 1.61. The van der Waals surface area contributed by atoms with Gasteiger partial charge in [-0.25, -0.2) is 0 Å². The average Bonchev–Trinajstić information content (AvgIpc) is 2.54. The highest BCUT2D eigenvalue weighted by Crippen LogP contribution is 2.32. The fourth-order valence-electron chi connectivity index (χ4n) is 2.15. The van der Waals surface area contributed by atoms with E-state index in [0.717, 1.165) is 11.3 Å². The summed E-state index contributed by atoms with van der Waals surface area (Å²) < 4.78 is 11.0. The van der Waals surface area contributed by atoms with E-state index < -0.39 is 0 Å². The molecule has 0 amide bonds. The Kier molecular flexibility index (Phi) is 5.32. The average molecular weight is 285 g/mol. The number of pyridine rings is 1. The van der Waals surface area contributed by atoms with Crippen LogP contribution >= 0.6 is 0 Å². The smallest absolute Gasteiger partial charge is 0.164 e. The van der Waals surface area contributed by atoms with Gasteiger partial charge in [0.15, 0.2) is 17.3 Å². The van der Waals surface area contributed by atoms with Crippen molar-refractivity contribution in [3.63, 3.8) is 0 Å². The van der Waals surface area contributed by atoms with Gasteiger partial charge in [0.05, 0.1) is 13.7 Å². The van der Waals surface area contributed by atoms with Crippen LogP contribution in [0.5, 0.6) is 11.5 Å². The molecule has 0 bridgehead atoms. The molecule has 0 atom stereocenters. The van der Waals surface area contributed by atoms with E-state index in [0.29, 0.717) is 30.8 Å². The maximum absolute atomic E-state index is 12.1. The zero-order valence-electron chi connectivity index (χ0n) is 12.3. The number of aryl methyl sites for hydroxylation is 1. The highest BCUT2D eigenvalue weighted by Gasteiger charge is 2.12. The number of carbonyl (C=O) groups is 1. The number of methoxy groups -OCH3 is 1. The SMILES string of the molecule is CCOc1c(CCC(=O)c2cccnc2)cccc1OC. The Balaban J connectivity index is 2.11. The molecular formula is C17H19NO3. The van der Waals surface area contributed by atoms with E-state index in [2.05, 4.69) is 4.98 Å². The summed E-state index contributed by atoms with van der Waals surface area (Å²) in [5, 5.41) is 0. The molecule has 21 heavy (non-hydrogen) atoms. The van der Waals surface area contributed by atoms with E-state index in [9.17, 15) is 4.79 Å². The summed E-state index contributed by atoms with van der Waals surface area (Å²) in [6.45, 7) is 2.49. The van der Waals surface area contributed by atoms with Crippen molar-refractivity contribution in [2.24, 2.45) is 0 Å². The van der Waals surface area contributed by atoms with Crippen LogP contribution in [-0.2, 0) is 6.42 Å². The first-order chi connectivity index (χ1) is 10.3. The Hall–Kier alpha value is -2.36. The molecule has 0 aliphatic rings. The Morgan fingerprint density at radius 1 is 1.24 bits per heavy atom. The van der Waals surface area contributed by atoms with Crippen molar-refractivity contribution in [2.45, 2.75) is 19.8 Å². The molecule has 0 radical (unpaired) electrons. The maximum Gasteiger partial charge on any atom is 0.164 e. The van der Waals surface area contributed by atoms with E-state index in [1.54, 1.807) is 31.6 Å². The zero-order chi connectivity index (χ0) is 15.1. The number of hydrogen-bond donors (Lipinski definition) is 0. The molecule has 0 N–H and O–H groups in total. The van der Waals surface area contributed by atoms with Crippen LogP contribution in [0.15, 0.2) is 42.7 Å². The Morgan fingerprint density at radius 2 is 2.10 bits per heavy atom. The van der Waals surface area contributed by atoms with Crippen molar-refractivity contribution < 1.29 is 14.3 Å². The molecule has 0 aliphatic carbocycles. The van der Waals surface area contributed by atoms with Gasteiger partial charge in [0.1, 0.15) is 0 Å². The molecule has 4 heteroatoms. The van der Waals surface area contributed by atoms with Crippen LogP contribution in [0.2, 0.25) is 0 Å². The van der Waals surface area contributed by atoms with Gasteiger partial charge in [0.25, 0.3) is 0 Å². The van der Waals surface area contributed by atoms with E-state index >= 15 is 0 Å². The number of ether oxygens (including phenoxy) is 2. The number of ketones is 1. The summed E-state index contributed by atoms with van der Waals surface area (Å²) in [4.78, 5) is 16.1. The number of para-hydroxylation sites is 1. The number of hydrogen-bond acceptors (Lipinski definition) is 4. The van der Waals surface area contributed by atoms with Crippen LogP contribution < -0.4 is 9.47 Å². The topological polar surface area (TPSA) is 48.4 Å². The van der Waals surface area contributed by atoms with Crippen LogP contribution in [-0.4, -0.2) is 24.5 Å². The first-order valence-electron chi connectivity index (χ1n) is 6.98. The minimum atomic E-state index is 0.0772. The number of Topliss-reactive ketones (excluding diaryl/α,β-unsaturated/α-hetero) is 1. The van der Waals surface area contributed by atoms with Crippen molar-refractivity contribution in [3.05, 3.63) is 53.9 Å². The predicted molar refractivity (Wildman–Crippen MR) is 81.1 cm³/mol. The fourth-order valence-corrected chi connectivity index (χ4v) is 2.15. The maximum atomic E-state index is 12.1. The molecule has 0 unspecified atom stereocenters. The largest absolute Gasteiger partial charge is 0.493 e. The molecule has 1 heterocycles. The molecule has 0 spiro atoms. The van der Waals surface area contributed by atoms with E-state index in [1.807, 2.05) is 25.1 Å². The lowest BCUT2D eigenvalue weighted by Gasteiger charge is -2.13. The van der Waals surface area contributed by atoms with Crippen molar-refractivity contribution >= 4 is 5.78 Å². The summed E-state index contributed by atoms with van der Waals surface area (Å²) in [5.41, 5.74) is 1.62. The Morgan fingerprint density at radius 3 is 2.76 bits per heavy atom. The van der Waals surface area contributed by atoms with Crippen molar-refractivity contribution in [1.29, 1.82) is 0 Å². The molecule has 0 saturated carbocycles. The standard InChI is InChI=1S/C17H19NO3/c1-3-21-17-13(6-4-8-16(17)20-2)9-10-15(19)14-7-5-11-18-12-14/h4-8,11-12H,3,9-10H2,1-2H3. The highest BCUT2D eigenvalue weighted by molar-refractivity contribution is 5.95. The van der Waals surface area contributed by atoms with Gasteiger partial charge in [-0.3, -0.25) is 9.78 Å². The number of carbonyl (C=O) groups excluding carboxylic acids is 1. The third-order valence-electron chi connectivity index (χ3n) is 3.17. The minimum Gasteiger partial charge on any atom is -0.493 e. The highest BCUT2D eigenvalue weighted by atomic mass is 16.5. The lowest BCUT2D eigenvalue weighted by molar-refractivity contribution is 0.0982. The van der Waals surface area contributed by atoms with Crippen LogP contribution in [0, 0.1) is 0 Å². The zero-order valence-corrected chi connectivity index (χ0v) is 12.3. The quantitative estimate of drug-likeness (QED) is 0.732. The van der Waals surface area contributed by atoms with Gasteiger partial charge >= 0.3 is 0 Å². The van der Waals surface area contributed by atoms with E-state index in [1.165, 1.54) is 0 Å². The second-order valence-corrected chi connectivity index (χ2v) is 4.55. The third kappa shape index (κ3) is 3.81. The van der Waals surface area contributed by atoms with Gasteiger partial charge in [0.2, 0.25) is 0 Å². The van der Waals surface area contributed by atoms with Gasteiger partial charge < -0.3 is 9.47 Å². The first kappa shape index (κ1) is 15.0. The lowest BCUT2D eigenvalue weighted by Crippen LogP contribution is -2.04. The van der Waals surface area contributed by atoms with Crippen LogP contribution in [0.3, 0.4) is 0 Å².